The van der Waals surface area contributed by atoms with Crippen molar-refractivity contribution in [2.75, 3.05) is 24.1 Å². The van der Waals surface area contributed by atoms with E-state index in [0.29, 0.717) is 18.3 Å². The van der Waals surface area contributed by atoms with Crippen molar-refractivity contribution in [3.8, 4) is 0 Å². The van der Waals surface area contributed by atoms with Crippen LogP contribution in [-0.4, -0.2) is 29.9 Å². The lowest BCUT2D eigenvalue weighted by molar-refractivity contribution is -0.117. The van der Waals surface area contributed by atoms with Crippen molar-refractivity contribution in [1.29, 1.82) is 0 Å². The fourth-order valence-corrected chi connectivity index (χ4v) is 2.57. The standard InChI is InChI=1S/C14H21N3O/c1-2-13-7-4-8-17(13)10-14(18)16-12-6-3-5-11(15)9-12/h3,5-6,9,13H,2,4,7-8,10,15H2,1H3,(H,16,18). The SMILES string of the molecule is CCC1CCCN1CC(=O)Nc1cccc(N)c1. The number of nitrogens with one attached hydrogen (secondary N) is 1. The van der Waals surface area contributed by atoms with Crippen LogP contribution in [0.25, 0.3) is 0 Å². The van der Waals surface area contributed by atoms with Crippen molar-refractivity contribution in [3.05, 3.63) is 24.3 Å². The monoisotopic (exact) mass is 247 g/mol. The van der Waals surface area contributed by atoms with Gasteiger partial charge in [-0.15, -0.1) is 0 Å². The van der Waals surface area contributed by atoms with Gasteiger partial charge < -0.3 is 11.1 Å². The molecule has 1 fully saturated rings. The zero-order chi connectivity index (χ0) is 13.0. The highest BCUT2D eigenvalue weighted by atomic mass is 16.2. The molecule has 2 rings (SSSR count). The van der Waals surface area contributed by atoms with E-state index in [9.17, 15) is 4.79 Å². The number of benzene rings is 1. The Morgan fingerprint density at radius 3 is 3.11 bits per heavy atom. The molecule has 98 valence electrons. The van der Waals surface area contributed by atoms with Gasteiger partial charge in [-0.1, -0.05) is 13.0 Å². The van der Waals surface area contributed by atoms with Crippen LogP contribution in [0.3, 0.4) is 0 Å². The molecule has 1 saturated heterocycles. The molecule has 0 aromatic heterocycles. The van der Waals surface area contributed by atoms with Crippen molar-refractivity contribution in [2.45, 2.75) is 32.2 Å². The maximum absolute atomic E-state index is 11.9. The van der Waals surface area contributed by atoms with Crippen molar-refractivity contribution in [1.82, 2.24) is 4.90 Å². The molecule has 3 N–H and O–H groups in total. The Kier molecular flexibility index (Phi) is 4.20. The summed E-state index contributed by atoms with van der Waals surface area (Å²) in [7, 11) is 0. The van der Waals surface area contributed by atoms with Crippen LogP contribution in [0.1, 0.15) is 26.2 Å². The van der Waals surface area contributed by atoms with E-state index in [0.717, 1.165) is 18.7 Å². The van der Waals surface area contributed by atoms with Gasteiger partial charge in [-0.2, -0.15) is 0 Å². The number of carbonyl (C=O) groups is 1. The minimum absolute atomic E-state index is 0.0425. The van der Waals surface area contributed by atoms with Gasteiger partial charge >= 0.3 is 0 Å². The summed E-state index contributed by atoms with van der Waals surface area (Å²) in [5.74, 6) is 0.0425. The zero-order valence-corrected chi connectivity index (χ0v) is 10.9. The maximum Gasteiger partial charge on any atom is 0.238 e. The van der Waals surface area contributed by atoms with E-state index in [1.54, 1.807) is 6.07 Å². The van der Waals surface area contributed by atoms with E-state index in [1.807, 2.05) is 18.2 Å². The van der Waals surface area contributed by atoms with E-state index in [4.69, 9.17) is 5.73 Å². The molecule has 0 radical (unpaired) electrons. The van der Waals surface area contributed by atoms with Crippen LogP contribution < -0.4 is 11.1 Å². The maximum atomic E-state index is 11.9. The summed E-state index contributed by atoms with van der Waals surface area (Å²) in [5.41, 5.74) is 7.12. The Labute approximate surface area is 108 Å². The molecule has 4 heteroatoms. The van der Waals surface area contributed by atoms with Crippen LogP contribution in [0.5, 0.6) is 0 Å². The Bertz CT molecular complexity index is 419. The van der Waals surface area contributed by atoms with Crippen LogP contribution in [0.15, 0.2) is 24.3 Å². The van der Waals surface area contributed by atoms with Gasteiger partial charge in [-0.25, -0.2) is 0 Å². The Morgan fingerprint density at radius 2 is 2.39 bits per heavy atom. The van der Waals surface area contributed by atoms with Crippen molar-refractivity contribution in [3.63, 3.8) is 0 Å². The fraction of sp³-hybridized carbons (Fsp3) is 0.500. The number of nitrogens with zero attached hydrogens (tertiary/aromatic N) is 1. The first-order valence-corrected chi connectivity index (χ1v) is 6.58. The van der Waals surface area contributed by atoms with Crippen molar-refractivity contribution < 1.29 is 4.79 Å². The molecule has 0 aliphatic carbocycles. The summed E-state index contributed by atoms with van der Waals surface area (Å²) in [4.78, 5) is 14.2. The Balaban J connectivity index is 1.89. The second-order valence-electron chi connectivity index (χ2n) is 4.85. The molecule has 1 amide bonds. The number of hydrogen-bond donors (Lipinski definition) is 2. The molecule has 1 unspecified atom stereocenters. The molecular weight excluding hydrogens is 226 g/mol. The van der Waals surface area contributed by atoms with E-state index in [2.05, 4.69) is 17.1 Å². The number of anilines is 2. The number of carbonyl (C=O) groups excluding carboxylic acids is 1. The van der Waals surface area contributed by atoms with Gasteiger partial charge in [0.05, 0.1) is 6.54 Å². The molecule has 4 nitrogen and oxygen atoms in total. The zero-order valence-electron chi connectivity index (χ0n) is 10.9. The van der Waals surface area contributed by atoms with Gasteiger partial charge in [0.25, 0.3) is 0 Å². The van der Waals surface area contributed by atoms with Crippen LogP contribution in [0.4, 0.5) is 11.4 Å². The molecule has 0 saturated carbocycles. The number of hydrogen-bond acceptors (Lipinski definition) is 3. The number of nitrogens with two attached hydrogens (primary N) is 1. The van der Waals surface area contributed by atoms with E-state index in [-0.39, 0.29) is 5.91 Å². The number of likely N-dealkylation sites (tertiary alicyclic amines) is 1. The van der Waals surface area contributed by atoms with Gasteiger partial charge in [0, 0.05) is 17.4 Å². The summed E-state index contributed by atoms with van der Waals surface area (Å²) in [6.07, 6.45) is 3.53. The minimum atomic E-state index is 0.0425. The quantitative estimate of drug-likeness (QED) is 0.801. The van der Waals surface area contributed by atoms with Crippen LogP contribution in [0.2, 0.25) is 0 Å². The molecule has 18 heavy (non-hydrogen) atoms. The first-order chi connectivity index (χ1) is 8.69. The lowest BCUT2D eigenvalue weighted by Crippen LogP contribution is -2.36. The third-order valence-electron chi connectivity index (χ3n) is 3.49. The highest BCUT2D eigenvalue weighted by Crippen LogP contribution is 2.19. The predicted octanol–water partition coefficient (Wildman–Crippen LogP) is 2.08. The molecule has 1 aliphatic heterocycles. The Morgan fingerprint density at radius 1 is 1.56 bits per heavy atom. The minimum Gasteiger partial charge on any atom is -0.399 e. The second kappa shape index (κ2) is 5.87. The van der Waals surface area contributed by atoms with Gasteiger partial charge in [0.2, 0.25) is 5.91 Å². The van der Waals surface area contributed by atoms with Gasteiger partial charge in [0.15, 0.2) is 0 Å². The lowest BCUT2D eigenvalue weighted by atomic mass is 10.2. The third-order valence-corrected chi connectivity index (χ3v) is 3.49. The van der Waals surface area contributed by atoms with Gasteiger partial charge in [0.1, 0.15) is 0 Å². The van der Waals surface area contributed by atoms with E-state index < -0.39 is 0 Å². The molecule has 1 aromatic carbocycles. The third kappa shape index (κ3) is 3.23. The number of amides is 1. The Hall–Kier alpha value is -1.55. The van der Waals surface area contributed by atoms with Crippen LogP contribution >= 0.6 is 0 Å². The van der Waals surface area contributed by atoms with E-state index in [1.165, 1.54) is 12.8 Å². The lowest BCUT2D eigenvalue weighted by Gasteiger charge is -2.22. The number of nitrogen functional groups attached to an aromatic ring is 1. The van der Waals surface area contributed by atoms with Gasteiger partial charge in [-0.05, 0) is 44.0 Å². The molecule has 1 atom stereocenters. The normalized spacial score (nSPS) is 19.9. The first kappa shape index (κ1) is 12.9. The van der Waals surface area contributed by atoms with Crippen LogP contribution in [0, 0.1) is 0 Å². The summed E-state index contributed by atoms with van der Waals surface area (Å²) in [5, 5.41) is 2.89. The van der Waals surface area contributed by atoms with Crippen molar-refractivity contribution >= 4 is 17.3 Å². The first-order valence-electron chi connectivity index (χ1n) is 6.58. The topological polar surface area (TPSA) is 58.4 Å². The average Bonchev–Trinajstić information content (AvgIpc) is 2.76. The average molecular weight is 247 g/mol. The van der Waals surface area contributed by atoms with E-state index >= 15 is 0 Å². The summed E-state index contributed by atoms with van der Waals surface area (Å²) in [6.45, 7) is 3.69. The highest BCUT2D eigenvalue weighted by molar-refractivity contribution is 5.92. The number of rotatable bonds is 4. The summed E-state index contributed by atoms with van der Waals surface area (Å²) < 4.78 is 0. The van der Waals surface area contributed by atoms with Crippen LogP contribution in [-0.2, 0) is 4.79 Å². The molecule has 0 spiro atoms. The summed E-state index contributed by atoms with van der Waals surface area (Å²) in [6, 6.07) is 7.85. The second-order valence-corrected chi connectivity index (χ2v) is 4.85. The molecule has 1 aromatic rings. The molecule has 0 bridgehead atoms. The highest BCUT2D eigenvalue weighted by Gasteiger charge is 2.24. The summed E-state index contributed by atoms with van der Waals surface area (Å²) >= 11 is 0. The van der Waals surface area contributed by atoms with Crippen molar-refractivity contribution in [2.24, 2.45) is 0 Å². The molecular formula is C14H21N3O. The predicted molar refractivity (Wildman–Crippen MR) is 74.4 cm³/mol. The smallest absolute Gasteiger partial charge is 0.238 e. The molecule has 1 aliphatic rings. The molecule has 1 heterocycles. The largest absolute Gasteiger partial charge is 0.399 e. The fourth-order valence-electron chi connectivity index (χ4n) is 2.57. The van der Waals surface area contributed by atoms with Gasteiger partial charge in [-0.3, -0.25) is 9.69 Å².